The van der Waals surface area contributed by atoms with Crippen molar-refractivity contribution in [3.8, 4) is 6.07 Å². The SMILES string of the molecule is CC(Sc1cc(C#N)ccn1)c1nnnn1C1CCCCC1. The molecule has 0 saturated heterocycles. The van der Waals surface area contributed by atoms with Crippen LogP contribution in [0.25, 0.3) is 0 Å². The Labute approximate surface area is 133 Å². The van der Waals surface area contributed by atoms with Gasteiger partial charge in [0.15, 0.2) is 5.82 Å². The maximum atomic E-state index is 8.97. The molecule has 0 spiro atoms. The molecule has 1 aliphatic carbocycles. The molecule has 3 rings (SSSR count). The highest BCUT2D eigenvalue weighted by Crippen LogP contribution is 2.35. The zero-order valence-corrected chi connectivity index (χ0v) is 13.3. The Bertz CT molecular complexity index is 671. The predicted octanol–water partition coefficient (Wildman–Crippen LogP) is 3.30. The van der Waals surface area contributed by atoms with Gasteiger partial charge in [0.1, 0.15) is 0 Å². The summed E-state index contributed by atoms with van der Waals surface area (Å²) in [6.07, 6.45) is 7.77. The van der Waals surface area contributed by atoms with Gasteiger partial charge in [-0.2, -0.15) is 5.26 Å². The predicted molar refractivity (Wildman–Crippen MR) is 83.2 cm³/mol. The maximum Gasteiger partial charge on any atom is 0.164 e. The maximum absolute atomic E-state index is 8.97. The topological polar surface area (TPSA) is 80.3 Å². The van der Waals surface area contributed by atoms with Gasteiger partial charge in [-0.1, -0.05) is 31.0 Å². The van der Waals surface area contributed by atoms with Crippen LogP contribution in [0, 0.1) is 11.3 Å². The van der Waals surface area contributed by atoms with E-state index >= 15 is 0 Å². The molecule has 1 aliphatic rings. The minimum Gasteiger partial charge on any atom is -0.250 e. The van der Waals surface area contributed by atoms with E-state index in [0.29, 0.717) is 11.6 Å². The van der Waals surface area contributed by atoms with Gasteiger partial charge in [-0.15, -0.1) is 5.10 Å². The molecule has 0 aromatic carbocycles. The first-order valence-corrected chi connectivity index (χ1v) is 8.46. The molecular weight excluding hydrogens is 296 g/mol. The van der Waals surface area contributed by atoms with E-state index in [4.69, 9.17) is 5.26 Å². The second-order valence-electron chi connectivity index (χ2n) is 5.53. The van der Waals surface area contributed by atoms with E-state index in [2.05, 4.69) is 33.5 Å². The van der Waals surface area contributed by atoms with Crippen molar-refractivity contribution in [2.45, 2.75) is 55.3 Å². The molecule has 22 heavy (non-hydrogen) atoms. The second-order valence-corrected chi connectivity index (χ2v) is 6.89. The van der Waals surface area contributed by atoms with Crippen LogP contribution in [0.3, 0.4) is 0 Å². The summed E-state index contributed by atoms with van der Waals surface area (Å²) in [5.74, 6) is 0.890. The zero-order chi connectivity index (χ0) is 15.4. The fourth-order valence-electron chi connectivity index (χ4n) is 2.83. The van der Waals surface area contributed by atoms with Gasteiger partial charge in [-0.05, 0) is 42.3 Å². The molecule has 2 heterocycles. The molecule has 2 aromatic heterocycles. The third-order valence-electron chi connectivity index (χ3n) is 3.96. The standard InChI is InChI=1S/C15H18N6S/c1-11(22-14-9-12(10-16)7-8-17-14)15-18-19-20-21(15)13-5-3-2-4-6-13/h7-9,11,13H,2-6H2,1H3. The van der Waals surface area contributed by atoms with Gasteiger partial charge in [0, 0.05) is 6.20 Å². The summed E-state index contributed by atoms with van der Waals surface area (Å²) in [7, 11) is 0. The van der Waals surface area contributed by atoms with Crippen molar-refractivity contribution < 1.29 is 0 Å². The van der Waals surface area contributed by atoms with Crippen molar-refractivity contribution in [1.29, 1.82) is 5.26 Å². The molecule has 1 atom stereocenters. The van der Waals surface area contributed by atoms with Gasteiger partial charge in [-0.25, -0.2) is 9.67 Å². The highest BCUT2D eigenvalue weighted by Gasteiger charge is 2.23. The Hall–Kier alpha value is -1.94. The van der Waals surface area contributed by atoms with E-state index in [1.807, 2.05) is 4.68 Å². The minimum absolute atomic E-state index is 0.0957. The molecule has 0 aliphatic heterocycles. The first-order chi connectivity index (χ1) is 10.8. The number of nitrogens with zero attached hydrogens (tertiary/aromatic N) is 6. The number of aromatic nitrogens is 5. The van der Waals surface area contributed by atoms with Crippen LogP contribution in [0.1, 0.15) is 61.7 Å². The van der Waals surface area contributed by atoms with Crippen LogP contribution in [0.4, 0.5) is 0 Å². The number of tetrazole rings is 1. The number of rotatable bonds is 4. The van der Waals surface area contributed by atoms with Crippen LogP contribution in [0.5, 0.6) is 0 Å². The summed E-state index contributed by atoms with van der Waals surface area (Å²) in [6, 6.07) is 6.07. The minimum atomic E-state index is 0.0957. The Kier molecular flexibility index (Phi) is 4.68. The summed E-state index contributed by atoms with van der Waals surface area (Å²) in [4.78, 5) is 4.31. The molecule has 6 nitrogen and oxygen atoms in total. The van der Waals surface area contributed by atoms with E-state index in [9.17, 15) is 0 Å². The van der Waals surface area contributed by atoms with E-state index in [1.165, 1.54) is 19.3 Å². The Balaban J connectivity index is 1.76. The molecule has 0 amide bonds. The number of nitriles is 1. The van der Waals surface area contributed by atoms with Crippen LogP contribution in [0.15, 0.2) is 23.4 Å². The lowest BCUT2D eigenvalue weighted by Crippen LogP contribution is -2.17. The monoisotopic (exact) mass is 314 g/mol. The van der Waals surface area contributed by atoms with Crippen molar-refractivity contribution in [2.24, 2.45) is 0 Å². The zero-order valence-electron chi connectivity index (χ0n) is 12.5. The summed E-state index contributed by atoms with van der Waals surface area (Å²) in [5, 5.41) is 22.2. The lowest BCUT2D eigenvalue weighted by Gasteiger charge is -2.23. The molecule has 7 heteroatoms. The molecule has 0 bridgehead atoms. The summed E-state index contributed by atoms with van der Waals surface area (Å²) < 4.78 is 1.99. The highest BCUT2D eigenvalue weighted by molar-refractivity contribution is 7.99. The van der Waals surface area contributed by atoms with Gasteiger partial charge in [0.05, 0.1) is 28.0 Å². The van der Waals surface area contributed by atoms with Gasteiger partial charge >= 0.3 is 0 Å². The number of hydrogen-bond donors (Lipinski definition) is 0. The lowest BCUT2D eigenvalue weighted by molar-refractivity contribution is 0.317. The average molecular weight is 314 g/mol. The van der Waals surface area contributed by atoms with Crippen LogP contribution >= 0.6 is 11.8 Å². The Morgan fingerprint density at radius 3 is 2.95 bits per heavy atom. The van der Waals surface area contributed by atoms with Crippen molar-refractivity contribution in [1.82, 2.24) is 25.2 Å². The quantitative estimate of drug-likeness (QED) is 0.805. The van der Waals surface area contributed by atoms with Crippen molar-refractivity contribution in [2.75, 3.05) is 0 Å². The molecule has 2 aromatic rings. The number of thioether (sulfide) groups is 1. The van der Waals surface area contributed by atoms with Crippen LogP contribution in [-0.4, -0.2) is 25.2 Å². The third kappa shape index (κ3) is 3.28. The number of pyridine rings is 1. The largest absolute Gasteiger partial charge is 0.250 e. The fourth-order valence-corrected chi connectivity index (χ4v) is 3.77. The lowest BCUT2D eigenvalue weighted by atomic mass is 9.95. The Morgan fingerprint density at radius 1 is 1.36 bits per heavy atom. The van der Waals surface area contributed by atoms with Crippen molar-refractivity contribution in [3.05, 3.63) is 29.7 Å². The van der Waals surface area contributed by atoms with E-state index < -0.39 is 0 Å². The summed E-state index contributed by atoms with van der Waals surface area (Å²) in [6.45, 7) is 2.08. The summed E-state index contributed by atoms with van der Waals surface area (Å²) >= 11 is 1.58. The van der Waals surface area contributed by atoms with Gasteiger partial charge in [0.25, 0.3) is 0 Å². The smallest absolute Gasteiger partial charge is 0.164 e. The first-order valence-electron chi connectivity index (χ1n) is 7.58. The molecular formula is C15H18N6S. The van der Waals surface area contributed by atoms with Crippen LogP contribution in [0.2, 0.25) is 0 Å². The van der Waals surface area contributed by atoms with E-state index in [0.717, 1.165) is 23.7 Å². The Morgan fingerprint density at radius 2 is 2.18 bits per heavy atom. The van der Waals surface area contributed by atoms with Crippen LogP contribution in [-0.2, 0) is 0 Å². The van der Waals surface area contributed by atoms with Gasteiger partial charge in [0.2, 0.25) is 0 Å². The first kappa shape index (κ1) is 15.0. The van der Waals surface area contributed by atoms with Crippen molar-refractivity contribution >= 4 is 11.8 Å². The van der Waals surface area contributed by atoms with Gasteiger partial charge in [-0.3, -0.25) is 0 Å². The molecule has 1 fully saturated rings. The molecule has 0 N–H and O–H groups in total. The summed E-state index contributed by atoms with van der Waals surface area (Å²) in [5.41, 5.74) is 0.622. The molecule has 1 saturated carbocycles. The fraction of sp³-hybridized carbons (Fsp3) is 0.533. The van der Waals surface area contributed by atoms with E-state index in [1.54, 1.807) is 30.1 Å². The third-order valence-corrected chi connectivity index (χ3v) is 4.99. The molecule has 1 unspecified atom stereocenters. The molecule has 114 valence electrons. The highest BCUT2D eigenvalue weighted by atomic mass is 32.2. The number of hydrogen-bond acceptors (Lipinski definition) is 6. The molecule has 0 radical (unpaired) electrons. The van der Waals surface area contributed by atoms with E-state index in [-0.39, 0.29) is 5.25 Å². The second kappa shape index (κ2) is 6.88. The normalized spacial score (nSPS) is 17.1. The van der Waals surface area contributed by atoms with Crippen molar-refractivity contribution in [3.63, 3.8) is 0 Å². The van der Waals surface area contributed by atoms with Gasteiger partial charge < -0.3 is 0 Å². The average Bonchev–Trinajstić information content (AvgIpc) is 3.05. The van der Waals surface area contributed by atoms with Crippen LogP contribution < -0.4 is 0 Å².